The van der Waals surface area contributed by atoms with Gasteiger partial charge in [-0.1, -0.05) is 6.07 Å². The van der Waals surface area contributed by atoms with E-state index >= 15 is 0 Å². The van der Waals surface area contributed by atoms with E-state index in [0.717, 1.165) is 37.4 Å². The van der Waals surface area contributed by atoms with Crippen molar-refractivity contribution in [2.24, 2.45) is 0 Å². The monoisotopic (exact) mass is 301 g/mol. The molecule has 1 saturated heterocycles. The Morgan fingerprint density at radius 2 is 1.82 bits per heavy atom. The molecule has 1 aromatic heterocycles. The van der Waals surface area contributed by atoms with Crippen LogP contribution in [0.25, 0.3) is 0 Å². The average Bonchev–Trinajstić information content (AvgIpc) is 2.57. The lowest BCUT2D eigenvalue weighted by molar-refractivity contribution is 0.109. The number of aliphatic hydroxyl groups is 1. The largest absolute Gasteiger partial charge is 0.387 e. The number of aliphatic hydroxyl groups excluding tert-OH is 1. The van der Waals surface area contributed by atoms with Crippen molar-refractivity contribution < 1.29 is 9.50 Å². The minimum absolute atomic E-state index is 0.207. The van der Waals surface area contributed by atoms with Gasteiger partial charge in [0, 0.05) is 56.4 Å². The predicted molar refractivity (Wildman–Crippen MR) is 84.2 cm³/mol. The summed E-state index contributed by atoms with van der Waals surface area (Å²) < 4.78 is 13.0. The second-order valence-corrected chi connectivity index (χ2v) is 5.57. The van der Waals surface area contributed by atoms with Gasteiger partial charge in [0.15, 0.2) is 0 Å². The molecule has 1 aliphatic heterocycles. The molecule has 1 N–H and O–H groups in total. The van der Waals surface area contributed by atoms with Gasteiger partial charge in [0.05, 0.1) is 6.10 Å². The SMILES string of the molecule is OC(CN1CCN(c2ccc(F)cc2)CC1)c1cccnc1. The van der Waals surface area contributed by atoms with E-state index in [9.17, 15) is 9.50 Å². The van der Waals surface area contributed by atoms with E-state index in [1.54, 1.807) is 12.4 Å². The van der Waals surface area contributed by atoms with Gasteiger partial charge < -0.3 is 10.0 Å². The normalized spacial score (nSPS) is 17.5. The Balaban J connectivity index is 1.52. The van der Waals surface area contributed by atoms with Crippen LogP contribution in [0.5, 0.6) is 0 Å². The van der Waals surface area contributed by atoms with Gasteiger partial charge >= 0.3 is 0 Å². The fraction of sp³-hybridized carbons (Fsp3) is 0.353. The van der Waals surface area contributed by atoms with Crippen LogP contribution < -0.4 is 4.90 Å². The topological polar surface area (TPSA) is 39.6 Å². The van der Waals surface area contributed by atoms with Gasteiger partial charge in [-0.3, -0.25) is 9.88 Å². The van der Waals surface area contributed by atoms with Crippen LogP contribution in [0.1, 0.15) is 11.7 Å². The molecule has 3 rings (SSSR count). The van der Waals surface area contributed by atoms with Gasteiger partial charge in [0.2, 0.25) is 0 Å². The Kier molecular flexibility index (Phi) is 4.65. The second kappa shape index (κ2) is 6.85. The van der Waals surface area contributed by atoms with E-state index in [0.29, 0.717) is 6.54 Å². The quantitative estimate of drug-likeness (QED) is 0.938. The summed E-state index contributed by atoms with van der Waals surface area (Å²) in [5, 5.41) is 10.2. The van der Waals surface area contributed by atoms with Crippen LogP contribution >= 0.6 is 0 Å². The van der Waals surface area contributed by atoms with Crippen molar-refractivity contribution in [2.75, 3.05) is 37.6 Å². The summed E-state index contributed by atoms with van der Waals surface area (Å²) in [5.41, 5.74) is 1.90. The minimum atomic E-state index is -0.508. The zero-order valence-corrected chi connectivity index (χ0v) is 12.4. The van der Waals surface area contributed by atoms with Crippen molar-refractivity contribution in [2.45, 2.75) is 6.10 Å². The lowest BCUT2D eigenvalue weighted by Crippen LogP contribution is -2.47. The molecule has 2 aromatic rings. The first-order chi connectivity index (χ1) is 10.7. The van der Waals surface area contributed by atoms with E-state index in [2.05, 4.69) is 14.8 Å². The van der Waals surface area contributed by atoms with Crippen LogP contribution in [0.15, 0.2) is 48.8 Å². The van der Waals surface area contributed by atoms with Gasteiger partial charge in [-0.05, 0) is 30.3 Å². The number of halogens is 1. The molecule has 0 saturated carbocycles. The molecule has 1 unspecified atom stereocenters. The molecule has 116 valence electrons. The molecule has 1 atom stereocenters. The van der Waals surface area contributed by atoms with Crippen LogP contribution in [-0.2, 0) is 0 Å². The van der Waals surface area contributed by atoms with E-state index in [1.807, 2.05) is 24.3 Å². The van der Waals surface area contributed by atoms with Gasteiger partial charge in [-0.15, -0.1) is 0 Å². The number of benzene rings is 1. The number of β-amino-alcohol motifs (C(OH)–C–C–N with tert-alkyl or cyclic N) is 1. The van der Waals surface area contributed by atoms with Crippen molar-refractivity contribution in [3.05, 3.63) is 60.2 Å². The maximum Gasteiger partial charge on any atom is 0.123 e. The summed E-state index contributed by atoms with van der Waals surface area (Å²) in [4.78, 5) is 8.53. The van der Waals surface area contributed by atoms with Gasteiger partial charge in [0.1, 0.15) is 5.82 Å². The Morgan fingerprint density at radius 1 is 1.09 bits per heavy atom. The van der Waals surface area contributed by atoms with Crippen molar-refractivity contribution in [1.82, 2.24) is 9.88 Å². The first-order valence-corrected chi connectivity index (χ1v) is 7.53. The number of hydrogen-bond donors (Lipinski definition) is 1. The van der Waals surface area contributed by atoms with Crippen LogP contribution in [0, 0.1) is 5.82 Å². The number of pyridine rings is 1. The summed E-state index contributed by atoms with van der Waals surface area (Å²) in [6.07, 6.45) is 2.91. The summed E-state index contributed by atoms with van der Waals surface area (Å²) in [5.74, 6) is -0.207. The lowest BCUT2D eigenvalue weighted by Gasteiger charge is -2.36. The third-order valence-electron chi connectivity index (χ3n) is 4.06. The standard InChI is InChI=1S/C17H20FN3O/c18-15-3-5-16(6-4-15)21-10-8-20(9-11-21)13-17(22)14-2-1-7-19-12-14/h1-7,12,17,22H,8-11,13H2. The van der Waals surface area contributed by atoms with E-state index in [-0.39, 0.29) is 5.82 Å². The maximum atomic E-state index is 13.0. The highest BCUT2D eigenvalue weighted by Gasteiger charge is 2.20. The Hall–Kier alpha value is -1.98. The zero-order chi connectivity index (χ0) is 15.4. The molecule has 0 spiro atoms. The number of nitrogens with zero attached hydrogens (tertiary/aromatic N) is 3. The van der Waals surface area contributed by atoms with Crippen LogP contribution in [0.4, 0.5) is 10.1 Å². The van der Waals surface area contributed by atoms with Crippen LogP contribution in [0.2, 0.25) is 0 Å². The molecule has 5 heteroatoms. The smallest absolute Gasteiger partial charge is 0.123 e. The fourth-order valence-corrected chi connectivity index (χ4v) is 2.76. The van der Waals surface area contributed by atoms with E-state index in [4.69, 9.17) is 0 Å². The molecule has 4 nitrogen and oxygen atoms in total. The molecular weight excluding hydrogens is 281 g/mol. The van der Waals surface area contributed by atoms with Gasteiger partial charge in [-0.25, -0.2) is 4.39 Å². The molecule has 0 bridgehead atoms. The summed E-state index contributed by atoms with van der Waals surface area (Å²) in [7, 11) is 0. The van der Waals surface area contributed by atoms with Crippen molar-refractivity contribution >= 4 is 5.69 Å². The van der Waals surface area contributed by atoms with Crippen LogP contribution in [0.3, 0.4) is 0 Å². The number of piperazine rings is 1. The Morgan fingerprint density at radius 3 is 2.45 bits per heavy atom. The molecule has 1 aromatic carbocycles. The lowest BCUT2D eigenvalue weighted by atomic mass is 10.1. The number of hydrogen-bond acceptors (Lipinski definition) is 4. The molecule has 1 aliphatic rings. The van der Waals surface area contributed by atoms with E-state index < -0.39 is 6.10 Å². The van der Waals surface area contributed by atoms with Crippen molar-refractivity contribution in [1.29, 1.82) is 0 Å². The first-order valence-electron chi connectivity index (χ1n) is 7.53. The maximum absolute atomic E-state index is 13.0. The Labute approximate surface area is 129 Å². The molecular formula is C17H20FN3O. The highest BCUT2D eigenvalue weighted by Crippen LogP contribution is 2.19. The summed E-state index contributed by atoms with van der Waals surface area (Å²) in [6, 6.07) is 10.4. The number of anilines is 1. The summed E-state index contributed by atoms with van der Waals surface area (Å²) >= 11 is 0. The molecule has 22 heavy (non-hydrogen) atoms. The fourth-order valence-electron chi connectivity index (χ4n) is 2.76. The predicted octanol–water partition coefficient (Wildman–Crippen LogP) is 2.08. The first kappa shape index (κ1) is 14.9. The number of rotatable bonds is 4. The third-order valence-corrected chi connectivity index (χ3v) is 4.06. The zero-order valence-electron chi connectivity index (χ0n) is 12.4. The van der Waals surface area contributed by atoms with Gasteiger partial charge in [0.25, 0.3) is 0 Å². The summed E-state index contributed by atoms with van der Waals surface area (Å²) in [6.45, 7) is 4.14. The second-order valence-electron chi connectivity index (χ2n) is 5.57. The highest BCUT2D eigenvalue weighted by molar-refractivity contribution is 5.46. The van der Waals surface area contributed by atoms with E-state index in [1.165, 1.54) is 12.1 Å². The van der Waals surface area contributed by atoms with Gasteiger partial charge in [-0.2, -0.15) is 0 Å². The molecule has 2 heterocycles. The Bertz CT molecular complexity index is 583. The molecule has 0 aliphatic carbocycles. The minimum Gasteiger partial charge on any atom is -0.387 e. The third kappa shape index (κ3) is 3.61. The molecule has 1 fully saturated rings. The average molecular weight is 301 g/mol. The van der Waals surface area contributed by atoms with Crippen molar-refractivity contribution in [3.63, 3.8) is 0 Å². The number of aromatic nitrogens is 1. The highest BCUT2D eigenvalue weighted by atomic mass is 19.1. The molecule has 0 radical (unpaired) electrons. The van der Waals surface area contributed by atoms with Crippen molar-refractivity contribution in [3.8, 4) is 0 Å². The molecule has 0 amide bonds. The van der Waals surface area contributed by atoms with Crippen LogP contribution in [-0.4, -0.2) is 47.7 Å².